The minimum absolute atomic E-state index is 0.668. The molecule has 4 rings (SSSR count). The van der Waals surface area contributed by atoms with Gasteiger partial charge in [0.1, 0.15) is 5.75 Å². The van der Waals surface area contributed by atoms with E-state index in [1.807, 2.05) is 77.1 Å². The number of hydrogen-bond acceptors (Lipinski definition) is 6. The maximum atomic E-state index is 5.78. The maximum Gasteiger partial charge on any atom is 0.203 e. The highest BCUT2D eigenvalue weighted by molar-refractivity contribution is 7.14. The number of anilines is 1. The smallest absolute Gasteiger partial charge is 0.203 e. The fraction of sp³-hybridized carbons (Fsp3) is 0.136. The van der Waals surface area contributed by atoms with Crippen molar-refractivity contribution in [3.05, 3.63) is 84.3 Å². The third kappa shape index (κ3) is 5.52. The van der Waals surface area contributed by atoms with Crippen LogP contribution in [0, 0.1) is 0 Å². The summed E-state index contributed by atoms with van der Waals surface area (Å²) in [7, 11) is 0. The second kappa shape index (κ2) is 9.66. The zero-order valence-corrected chi connectivity index (χ0v) is 16.6. The van der Waals surface area contributed by atoms with Gasteiger partial charge in [0.2, 0.25) is 5.13 Å². The van der Waals surface area contributed by atoms with Gasteiger partial charge in [-0.05, 0) is 36.2 Å². The number of nitrogens with one attached hydrogen (secondary N) is 1. The molecule has 146 valence electrons. The summed E-state index contributed by atoms with van der Waals surface area (Å²) in [6.45, 7) is 1.57. The molecule has 0 aliphatic carbocycles. The number of hydrazone groups is 1. The molecule has 2 heterocycles. The van der Waals surface area contributed by atoms with E-state index in [1.165, 1.54) is 11.3 Å². The first kappa shape index (κ1) is 18.9. The van der Waals surface area contributed by atoms with Gasteiger partial charge in [-0.2, -0.15) is 5.10 Å². The van der Waals surface area contributed by atoms with E-state index in [0.29, 0.717) is 6.61 Å². The lowest BCUT2D eigenvalue weighted by atomic mass is 10.2. The van der Waals surface area contributed by atoms with Gasteiger partial charge in [-0.15, -0.1) is 11.3 Å². The van der Waals surface area contributed by atoms with E-state index < -0.39 is 0 Å². The summed E-state index contributed by atoms with van der Waals surface area (Å²) in [5, 5.41) is 7.06. The van der Waals surface area contributed by atoms with Crippen LogP contribution >= 0.6 is 11.3 Å². The predicted molar refractivity (Wildman–Crippen MR) is 118 cm³/mol. The Labute approximate surface area is 173 Å². The van der Waals surface area contributed by atoms with Crippen LogP contribution in [0.4, 0.5) is 5.13 Å². The highest BCUT2D eigenvalue weighted by Gasteiger charge is 2.02. The topological polar surface area (TPSA) is 64.3 Å². The number of rotatable bonds is 9. The summed E-state index contributed by atoms with van der Waals surface area (Å²) in [4.78, 5) is 8.58. The normalized spacial score (nSPS) is 11.0. The number of benzene rings is 2. The Morgan fingerprint density at radius 2 is 1.97 bits per heavy atom. The standard InChI is InChI=1S/C22H21N5OS/c1-2-5-19(6-3-1)21-16-29-22(25-21)26-24-15-18-7-9-20(10-8-18)28-14-4-12-27-13-11-23-17-27/h1-3,5-11,13,15-17H,4,12,14H2,(H,25,26). The zero-order chi connectivity index (χ0) is 19.7. The van der Waals surface area contributed by atoms with Crippen molar-refractivity contribution in [2.24, 2.45) is 5.10 Å². The lowest BCUT2D eigenvalue weighted by molar-refractivity contribution is 0.302. The fourth-order valence-corrected chi connectivity index (χ4v) is 3.40. The molecule has 4 aromatic rings. The van der Waals surface area contributed by atoms with Gasteiger partial charge in [0, 0.05) is 29.9 Å². The number of imidazole rings is 1. The van der Waals surface area contributed by atoms with Crippen LogP contribution in [0.1, 0.15) is 12.0 Å². The quantitative estimate of drug-likeness (QED) is 0.245. The Morgan fingerprint density at radius 3 is 2.76 bits per heavy atom. The van der Waals surface area contributed by atoms with E-state index in [1.54, 1.807) is 12.4 Å². The molecule has 0 bridgehead atoms. The van der Waals surface area contributed by atoms with Gasteiger partial charge in [0.15, 0.2) is 0 Å². The first-order valence-electron chi connectivity index (χ1n) is 9.35. The van der Waals surface area contributed by atoms with Gasteiger partial charge in [-0.25, -0.2) is 9.97 Å². The van der Waals surface area contributed by atoms with Crippen LogP contribution < -0.4 is 10.2 Å². The SMILES string of the molecule is C(=NNc1nc(-c2ccccc2)cs1)c1ccc(OCCCn2ccnc2)cc1. The summed E-state index contributed by atoms with van der Waals surface area (Å²) in [5.74, 6) is 0.855. The molecule has 0 unspecified atom stereocenters. The molecule has 7 heteroatoms. The van der Waals surface area contributed by atoms with Crippen molar-refractivity contribution >= 4 is 22.7 Å². The molecule has 2 aromatic heterocycles. The third-order valence-electron chi connectivity index (χ3n) is 4.22. The molecule has 0 radical (unpaired) electrons. The second-order valence-electron chi connectivity index (χ2n) is 6.35. The number of hydrogen-bond donors (Lipinski definition) is 1. The van der Waals surface area contributed by atoms with E-state index >= 15 is 0 Å². The maximum absolute atomic E-state index is 5.78. The largest absolute Gasteiger partial charge is 0.494 e. The van der Waals surface area contributed by atoms with Gasteiger partial charge >= 0.3 is 0 Å². The van der Waals surface area contributed by atoms with E-state index in [-0.39, 0.29) is 0 Å². The Bertz CT molecular complexity index is 1030. The van der Waals surface area contributed by atoms with Crippen molar-refractivity contribution < 1.29 is 4.74 Å². The number of nitrogens with zero attached hydrogens (tertiary/aromatic N) is 4. The van der Waals surface area contributed by atoms with Gasteiger partial charge in [-0.3, -0.25) is 5.43 Å². The third-order valence-corrected chi connectivity index (χ3v) is 4.96. The van der Waals surface area contributed by atoms with Crippen LogP contribution in [0.2, 0.25) is 0 Å². The van der Waals surface area contributed by atoms with Crippen molar-refractivity contribution in [2.45, 2.75) is 13.0 Å². The molecular weight excluding hydrogens is 382 g/mol. The lowest BCUT2D eigenvalue weighted by Crippen LogP contribution is -2.03. The predicted octanol–water partition coefficient (Wildman–Crippen LogP) is 4.92. The number of thiazole rings is 1. The van der Waals surface area contributed by atoms with Crippen molar-refractivity contribution in [2.75, 3.05) is 12.0 Å². The minimum atomic E-state index is 0.668. The average molecular weight is 404 g/mol. The summed E-state index contributed by atoms with van der Waals surface area (Å²) in [6, 6.07) is 18.0. The van der Waals surface area contributed by atoms with Gasteiger partial charge in [0.25, 0.3) is 0 Å². The molecule has 0 atom stereocenters. The Hall–Kier alpha value is -3.45. The highest BCUT2D eigenvalue weighted by Crippen LogP contribution is 2.24. The molecular formula is C22H21N5OS. The van der Waals surface area contributed by atoms with Crippen LogP contribution in [0.25, 0.3) is 11.3 Å². The van der Waals surface area contributed by atoms with Crippen LogP contribution in [0.3, 0.4) is 0 Å². The van der Waals surface area contributed by atoms with Gasteiger partial charge in [-0.1, -0.05) is 30.3 Å². The van der Waals surface area contributed by atoms with Crippen molar-refractivity contribution in [1.82, 2.24) is 14.5 Å². The molecule has 0 aliphatic heterocycles. The summed E-state index contributed by atoms with van der Waals surface area (Å²) in [6.07, 6.45) is 8.26. The van der Waals surface area contributed by atoms with E-state index in [0.717, 1.165) is 40.7 Å². The van der Waals surface area contributed by atoms with Crippen molar-refractivity contribution in [3.63, 3.8) is 0 Å². The highest BCUT2D eigenvalue weighted by atomic mass is 32.1. The molecule has 0 aliphatic rings. The Kier molecular flexibility index (Phi) is 6.29. The van der Waals surface area contributed by atoms with E-state index in [4.69, 9.17) is 4.74 Å². The molecule has 0 amide bonds. The molecule has 0 fully saturated rings. The van der Waals surface area contributed by atoms with Crippen LogP contribution in [0.15, 0.2) is 83.8 Å². The summed E-state index contributed by atoms with van der Waals surface area (Å²) in [5.41, 5.74) is 6.03. The average Bonchev–Trinajstić information content (AvgIpc) is 3.45. The van der Waals surface area contributed by atoms with E-state index in [2.05, 4.69) is 20.5 Å². The van der Waals surface area contributed by atoms with Crippen LogP contribution in [-0.4, -0.2) is 27.4 Å². The summed E-state index contributed by atoms with van der Waals surface area (Å²) < 4.78 is 7.82. The molecule has 1 N–H and O–H groups in total. The molecule has 0 saturated carbocycles. The van der Waals surface area contributed by atoms with Crippen LogP contribution in [-0.2, 0) is 6.54 Å². The monoisotopic (exact) mass is 403 g/mol. The number of aryl methyl sites for hydroxylation is 1. The first-order chi connectivity index (χ1) is 14.4. The van der Waals surface area contributed by atoms with Crippen molar-refractivity contribution in [3.8, 4) is 17.0 Å². The Balaban J connectivity index is 1.23. The van der Waals surface area contributed by atoms with Crippen LogP contribution in [0.5, 0.6) is 5.75 Å². The van der Waals surface area contributed by atoms with Gasteiger partial charge in [0.05, 0.1) is 24.8 Å². The number of aromatic nitrogens is 3. The second-order valence-corrected chi connectivity index (χ2v) is 7.20. The molecule has 0 saturated heterocycles. The zero-order valence-electron chi connectivity index (χ0n) is 15.8. The molecule has 6 nitrogen and oxygen atoms in total. The molecule has 2 aromatic carbocycles. The summed E-state index contributed by atoms with van der Waals surface area (Å²) >= 11 is 1.53. The fourth-order valence-electron chi connectivity index (χ4n) is 2.73. The minimum Gasteiger partial charge on any atom is -0.494 e. The first-order valence-corrected chi connectivity index (χ1v) is 10.2. The Morgan fingerprint density at radius 1 is 1.10 bits per heavy atom. The van der Waals surface area contributed by atoms with Gasteiger partial charge < -0.3 is 9.30 Å². The van der Waals surface area contributed by atoms with Crippen molar-refractivity contribution in [1.29, 1.82) is 0 Å². The molecule has 0 spiro atoms. The number of ether oxygens (including phenoxy) is 1. The van der Waals surface area contributed by atoms with E-state index in [9.17, 15) is 0 Å². The lowest BCUT2D eigenvalue weighted by Gasteiger charge is -2.06. The molecule has 29 heavy (non-hydrogen) atoms.